The van der Waals surface area contributed by atoms with Crippen LogP contribution < -0.4 is 16.0 Å². The molecule has 3 rings (SSSR count). The number of piperidine rings is 1. The Hall–Kier alpha value is -3.36. The number of likely N-dealkylation sites (tertiary alicyclic amines) is 1. The number of carbonyl (C=O) groups excluding carboxylic acids is 3. The molecule has 0 aliphatic carbocycles. The van der Waals surface area contributed by atoms with Crippen molar-refractivity contribution in [1.82, 2.24) is 15.4 Å². The van der Waals surface area contributed by atoms with Gasteiger partial charge in [-0.3, -0.25) is 9.59 Å². The van der Waals surface area contributed by atoms with E-state index in [-0.39, 0.29) is 29.8 Å². The van der Waals surface area contributed by atoms with E-state index in [4.69, 9.17) is 4.52 Å². The number of nitrogens with zero attached hydrogens (tertiary/aromatic N) is 2. The molecular weight excluding hydrogens is 386 g/mol. The number of carbonyl (C=O) groups is 3. The second-order valence-electron chi connectivity index (χ2n) is 7.71. The Morgan fingerprint density at radius 1 is 1.10 bits per heavy atom. The first-order valence-electron chi connectivity index (χ1n) is 10.0. The normalized spacial score (nSPS) is 14.5. The van der Waals surface area contributed by atoms with Crippen molar-refractivity contribution in [2.24, 2.45) is 5.92 Å². The average molecular weight is 413 g/mol. The Bertz CT molecular complexity index is 898. The van der Waals surface area contributed by atoms with Crippen LogP contribution >= 0.6 is 0 Å². The number of anilines is 2. The number of nitrogens with one attached hydrogen (secondary N) is 3. The number of aromatic nitrogens is 1. The maximum atomic E-state index is 12.8. The van der Waals surface area contributed by atoms with Gasteiger partial charge >= 0.3 is 6.03 Å². The molecule has 0 saturated carbocycles. The van der Waals surface area contributed by atoms with E-state index in [9.17, 15) is 14.4 Å². The third-order valence-electron chi connectivity index (χ3n) is 4.84. The van der Waals surface area contributed by atoms with Crippen molar-refractivity contribution in [3.8, 4) is 0 Å². The number of rotatable bonds is 5. The Kier molecular flexibility index (Phi) is 6.71. The minimum Gasteiger partial charge on any atom is -0.360 e. The fourth-order valence-electron chi connectivity index (χ4n) is 3.31. The van der Waals surface area contributed by atoms with Crippen LogP contribution in [0.5, 0.6) is 0 Å². The van der Waals surface area contributed by atoms with Crippen LogP contribution in [0.2, 0.25) is 0 Å². The summed E-state index contributed by atoms with van der Waals surface area (Å²) >= 11 is 0. The molecule has 30 heavy (non-hydrogen) atoms. The first-order valence-corrected chi connectivity index (χ1v) is 10.0. The predicted octanol–water partition coefficient (Wildman–Crippen LogP) is 3.00. The quantitative estimate of drug-likeness (QED) is 0.697. The molecule has 0 spiro atoms. The molecule has 0 atom stereocenters. The van der Waals surface area contributed by atoms with Crippen molar-refractivity contribution in [2.75, 3.05) is 23.7 Å². The first-order chi connectivity index (χ1) is 14.3. The molecule has 4 amide bonds. The van der Waals surface area contributed by atoms with Gasteiger partial charge in [0.25, 0.3) is 5.91 Å². The van der Waals surface area contributed by atoms with Gasteiger partial charge < -0.3 is 25.4 Å². The number of amides is 4. The van der Waals surface area contributed by atoms with Crippen LogP contribution in [0.1, 0.15) is 42.8 Å². The van der Waals surface area contributed by atoms with E-state index in [1.54, 1.807) is 42.2 Å². The van der Waals surface area contributed by atoms with Gasteiger partial charge in [-0.1, -0.05) is 5.16 Å². The molecule has 3 N–H and O–H groups in total. The molecule has 0 radical (unpaired) electrons. The van der Waals surface area contributed by atoms with Crippen LogP contribution in [0.3, 0.4) is 0 Å². The van der Waals surface area contributed by atoms with E-state index in [1.165, 1.54) is 0 Å². The number of benzene rings is 1. The molecule has 2 heterocycles. The number of hydrogen-bond donors (Lipinski definition) is 3. The summed E-state index contributed by atoms with van der Waals surface area (Å²) in [5, 5.41) is 12.0. The Labute approximate surface area is 175 Å². The maximum absolute atomic E-state index is 12.8. The molecular formula is C21H27N5O4. The summed E-state index contributed by atoms with van der Waals surface area (Å²) in [6.45, 7) is 6.53. The van der Waals surface area contributed by atoms with Crippen LogP contribution in [0, 0.1) is 12.8 Å². The Balaban J connectivity index is 1.49. The van der Waals surface area contributed by atoms with E-state index in [0.717, 1.165) is 0 Å². The summed E-state index contributed by atoms with van der Waals surface area (Å²) in [5.41, 5.74) is 1.16. The Morgan fingerprint density at radius 3 is 2.33 bits per heavy atom. The summed E-state index contributed by atoms with van der Waals surface area (Å²) in [7, 11) is 0. The van der Waals surface area contributed by atoms with Gasteiger partial charge in [0.1, 0.15) is 5.76 Å². The molecule has 9 nitrogen and oxygen atoms in total. The lowest BCUT2D eigenvalue weighted by Crippen LogP contribution is -2.41. The van der Waals surface area contributed by atoms with Crippen molar-refractivity contribution >= 4 is 29.4 Å². The fraction of sp³-hybridized carbons (Fsp3) is 0.429. The summed E-state index contributed by atoms with van der Waals surface area (Å²) in [5.74, 6) is 0.682. The molecule has 1 aliphatic rings. The van der Waals surface area contributed by atoms with Crippen molar-refractivity contribution in [2.45, 2.75) is 39.7 Å². The maximum Gasteiger partial charge on any atom is 0.319 e. The molecule has 9 heteroatoms. The molecule has 1 aromatic carbocycles. The molecule has 1 fully saturated rings. The predicted molar refractivity (Wildman–Crippen MR) is 112 cm³/mol. The molecule has 160 valence electrons. The van der Waals surface area contributed by atoms with Gasteiger partial charge in [0.05, 0.1) is 0 Å². The monoisotopic (exact) mass is 413 g/mol. The van der Waals surface area contributed by atoms with Gasteiger partial charge in [-0.2, -0.15) is 0 Å². The lowest BCUT2D eigenvalue weighted by atomic mass is 9.95. The minimum atomic E-state index is -0.287. The zero-order chi connectivity index (χ0) is 21.7. The first kappa shape index (κ1) is 21.4. The smallest absolute Gasteiger partial charge is 0.319 e. The summed E-state index contributed by atoms with van der Waals surface area (Å²) in [6, 6.07) is 8.21. The summed E-state index contributed by atoms with van der Waals surface area (Å²) in [4.78, 5) is 38.6. The third kappa shape index (κ3) is 5.59. The van der Waals surface area contributed by atoms with E-state index in [0.29, 0.717) is 48.8 Å². The number of aryl methyl sites for hydroxylation is 1. The lowest BCUT2D eigenvalue weighted by Gasteiger charge is -2.31. The largest absolute Gasteiger partial charge is 0.360 e. The van der Waals surface area contributed by atoms with Crippen molar-refractivity contribution in [3.63, 3.8) is 0 Å². The molecule has 1 saturated heterocycles. The SMILES string of the molecule is Cc1cc(NC(=O)C2CCN(C(=O)c3ccc(NC(=O)NC(C)C)cc3)CC2)no1. The highest BCUT2D eigenvalue weighted by atomic mass is 16.5. The highest BCUT2D eigenvalue weighted by molar-refractivity contribution is 5.96. The zero-order valence-electron chi connectivity index (χ0n) is 17.4. The molecule has 2 aromatic rings. The van der Waals surface area contributed by atoms with E-state index >= 15 is 0 Å². The van der Waals surface area contributed by atoms with Crippen molar-refractivity contribution < 1.29 is 18.9 Å². The van der Waals surface area contributed by atoms with Gasteiger partial charge in [0, 0.05) is 42.4 Å². The highest BCUT2D eigenvalue weighted by Gasteiger charge is 2.28. The van der Waals surface area contributed by atoms with Crippen LogP contribution in [0.15, 0.2) is 34.9 Å². The molecule has 0 unspecified atom stereocenters. The van der Waals surface area contributed by atoms with Gasteiger partial charge in [-0.15, -0.1) is 0 Å². The highest BCUT2D eigenvalue weighted by Crippen LogP contribution is 2.21. The average Bonchev–Trinajstić information content (AvgIpc) is 3.12. The number of hydrogen-bond acceptors (Lipinski definition) is 5. The van der Waals surface area contributed by atoms with Crippen LogP contribution in [0.4, 0.5) is 16.3 Å². The molecule has 1 aromatic heterocycles. The van der Waals surface area contributed by atoms with Gasteiger partial charge in [-0.05, 0) is 57.9 Å². The zero-order valence-corrected chi connectivity index (χ0v) is 17.4. The second kappa shape index (κ2) is 9.43. The minimum absolute atomic E-state index is 0.0379. The Morgan fingerprint density at radius 2 is 1.77 bits per heavy atom. The summed E-state index contributed by atoms with van der Waals surface area (Å²) < 4.78 is 4.95. The summed E-state index contributed by atoms with van der Waals surface area (Å²) in [6.07, 6.45) is 1.17. The van der Waals surface area contributed by atoms with Crippen LogP contribution in [0.25, 0.3) is 0 Å². The van der Waals surface area contributed by atoms with E-state index in [2.05, 4.69) is 21.1 Å². The van der Waals surface area contributed by atoms with Crippen LogP contribution in [-0.2, 0) is 4.79 Å². The molecule has 1 aliphatic heterocycles. The van der Waals surface area contributed by atoms with Crippen LogP contribution in [-0.4, -0.2) is 47.0 Å². The topological polar surface area (TPSA) is 117 Å². The second-order valence-corrected chi connectivity index (χ2v) is 7.71. The van der Waals surface area contributed by atoms with Gasteiger partial charge in [0.15, 0.2) is 5.82 Å². The van der Waals surface area contributed by atoms with E-state index < -0.39 is 0 Å². The van der Waals surface area contributed by atoms with Crippen molar-refractivity contribution in [3.05, 3.63) is 41.7 Å². The molecule has 0 bridgehead atoms. The third-order valence-corrected chi connectivity index (χ3v) is 4.84. The van der Waals surface area contributed by atoms with Crippen molar-refractivity contribution in [1.29, 1.82) is 0 Å². The van der Waals surface area contributed by atoms with E-state index in [1.807, 2.05) is 13.8 Å². The van der Waals surface area contributed by atoms with Gasteiger partial charge in [-0.25, -0.2) is 4.79 Å². The fourth-order valence-corrected chi connectivity index (χ4v) is 3.31. The standard InChI is InChI=1S/C21H27N5O4/c1-13(2)22-21(29)23-17-6-4-16(5-7-17)20(28)26-10-8-15(9-11-26)19(27)24-18-12-14(3)30-25-18/h4-7,12-13,15H,8-11H2,1-3H3,(H2,22,23,29)(H,24,25,27). The van der Waals surface area contributed by atoms with Gasteiger partial charge in [0.2, 0.25) is 5.91 Å². The number of urea groups is 1. The lowest BCUT2D eigenvalue weighted by molar-refractivity contribution is -0.121.